The van der Waals surface area contributed by atoms with Gasteiger partial charge in [0, 0.05) is 16.7 Å². The summed E-state index contributed by atoms with van der Waals surface area (Å²) in [5.74, 6) is 1.59. The first-order valence-corrected chi connectivity index (χ1v) is 6.66. The Morgan fingerprint density at radius 2 is 1.90 bits per heavy atom. The van der Waals surface area contributed by atoms with E-state index in [0.717, 1.165) is 17.5 Å². The van der Waals surface area contributed by atoms with E-state index in [1.54, 1.807) is 32.5 Å². The maximum Gasteiger partial charge on any atom is 0.257 e. The van der Waals surface area contributed by atoms with E-state index in [1.165, 1.54) is 0 Å². The number of aryl methyl sites for hydroxylation is 1. The molecule has 2 aromatic rings. The van der Waals surface area contributed by atoms with Crippen molar-refractivity contribution >= 4 is 11.7 Å². The first kappa shape index (κ1) is 14.9. The first-order valence-electron chi connectivity index (χ1n) is 6.66. The molecule has 0 atom stereocenters. The van der Waals surface area contributed by atoms with E-state index < -0.39 is 0 Å². The number of aromatic nitrogens is 2. The van der Waals surface area contributed by atoms with Crippen LogP contribution in [0.3, 0.4) is 0 Å². The van der Waals surface area contributed by atoms with Crippen LogP contribution >= 0.6 is 0 Å². The van der Waals surface area contributed by atoms with Crippen LogP contribution in [0.1, 0.15) is 28.4 Å². The Hall–Kier alpha value is -2.50. The molecule has 0 unspecified atom stereocenters. The average molecular weight is 289 g/mol. The Morgan fingerprint density at radius 1 is 1.29 bits per heavy atom. The van der Waals surface area contributed by atoms with Gasteiger partial charge in [-0.25, -0.2) is 0 Å². The van der Waals surface area contributed by atoms with Gasteiger partial charge in [-0.1, -0.05) is 6.92 Å². The third kappa shape index (κ3) is 2.99. The second-order valence-electron chi connectivity index (χ2n) is 4.58. The van der Waals surface area contributed by atoms with Crippen LogP contribution in [0.15, 0.2) is 18.3 Å². The number of amides is 1. The summed E-state index contributed by atoms with van der Waals surface area (Å²) in [4.78, 5) is 12.4. The van der Waals surface area contributed by atoms with E-state index in [-0.39, 0.29) is 5.91 Å². The van der Waals surface area contributed by atoms with Crippen LogP contribution < -0.4 is 14.8 Å². The number of aromatic amines is 1. The fourth-order valence-corrected chi connectivity index (χ4v) is 2.09. The fourth-order valence-electron chi connectivity index (χ4n) is 2.09. The van der Waals surface area contributed by atoms with Crippen molar-refractivity contribution in [3.8, 4) is 11.5 Å². The molecule has 0 saturated carbocycles. The molecule has 0 radical (unpaired) electrons. The van der Waals surface area contributed by atoms with Crippen molar-refractivity contribution in [2.75, 3.05) is 19.5 Å². The van der Waals surface area contributed by atoms with Crippen LogP contribution in [0, 0.1) is 6.92 Å². The molecule has 1 amide bonds. The van der Waals surface area contributed by atoms with Gasteiger partial charge in [0.25, 0.3) is 5.91 Å². The summed E-state index contributed by atoms with van der Waals surface area (Å²) in [7, 11) is 3.13. The molecule has 0 aliphatic carbocycles. The summed E-state index contributed by atoms with van der Waals surface area (Å²) >= 11 is 0. The Bertz CT molecular complexity index is 624. The van der Waals surface area contributed by atoms with E-state index in [1.807, 2.05) is 13.8 Å². The second kappa shape index (κ2) is 6.30. The molecule has 21 heavy (non-hydrogen) atoms. The minimum atomic E-state index is -0.245. The molecule has 1 aromatic carbocycles. The topological polar surface area (TPSA) is 76.2 Å². The van der Waals surface area contributed by atoms with E-state index in [9.17, 15) is 4.79 Å². The molecule has 0 aliphatic heterocycles. The zero-order valence-electron chi connectivity index (χ0n) is 12.6. The maximum atomic E-state index is 12.4. The lowest BCUT2D eigenvalue weighted by molar-refractivity contribution is 0.102. The summed E-state index contributed by atoms with van der Waals surface area (Å²) in [6.07, 6.45) is 2.48. The number of nitrogens with one attached hydrogen (secondary N) is 2. The average Bonchev–Trinajstić information content (AvgIpc) is 2.94. The molecule has 2 rings (SSSR count). The largest absolute Gasteiger partial charge is 0.496 e. The molecule has 112 valence electrons. The highest BCUT2D eigenvalue weighted by molar-refractivity contribution is 6.04. The lowest BCUT2D eigenvalue weighted by Gasteiger charge is -2.12. The third-order valence-electron chi connectivity index (χ3n) is 3.35. The fraction of sp³-hybridized carbons (Fsp3) is 0.333. The summed E-state index contributed by atoms with van der Waals surface area (Å²) in [5.41, 5.74) is 2.27. The molecule has 1 heterocycles. The van der Waals surface area contributed by atoms with Crippen molar-refractivity contribution in [2.24, 2.45) is 0 Å². The van der Waals surface area contributed by atoms with Gasteiger partial charge in [0.15, 0.2) is 0 Å². The normalized spacial score (nSPS) is 10.3. The van der Waals surface area contributed by atoms with Crippen LogP contribution in [0.4, 0.5) is 5.82 Å². The Kier molecular flexibility index (Phi) is 4.47. The van der Waals surface area contributed by atoms with Crippen LogP contribution in [0.2, 0.25) is 0 Å². The first-order chi connectivity index (χ1) is 10.1. The second-order valence-corrected chi connectivity index (χ2v) is 4.58. The van der Waals surface area contributed by atoms with Crippen LogP contribution in [-0.2, 0) is 6.42 Å². The number of hydrogen-bond acceptors (Lipinski definition) is 4. The third-order valence-corrected chi connectivity index (χ3v) is 3.35. The molecule has 6 heteroatoms. The molecule has 2 N–H and O–H groups in total. The minimum absolute atomic E-state index is 0.245. The maximum absolute atomic E-state index is 12.4. The van der Waals surface area contributed by atoms with Gasteiger partial charge in [-0.15, -0.1) is 0 Å². The highest BCUT2D eigenvalue weighted by atomic mass is 16.5. The van der Waals surface area contributed by atoms with Gasteiger partial charge in [0.2, 0.25) is 0 Å². The smallest absolute Gasteiger partial charge is 0.257 e. The SMILES string of the molecule is CCc1cn[nH]c1NC(=O)c1cc(OC)c(C)c(OC)c1. The minimum Gasteiger partial charge on any atom is -0.496 e. The van der Waals surface area contributed by atoms with Crippen molar-refractivity contribution < 1.29 is 14.3 Å². The molecule has 0 spiro atoms. The molecular formula is C15H19N3O3. The van der Waals surface area contributed by atoms with Crippen LogP contribution in [0.5, 0.6) is 11.5 Å². The summed E-state index contributed by atoms with van der Waals surface area (Å²) in [6.45, 7) is 3.88. The number of carbonyl (C=O) groups is 1. The molecule has 1 aromatic heterocycles. The predicted octanol–water partition coefficient (Wildman–Crippen LogP) is 2.55. The van der Waals surface area contributed by atoms with Gasteiger partial charge in [-0.05, 0) is 25.5 Å². The monoisotopic (exact) mass is 289 g/mol. The molecular weight excluding hydrogens is 270 g/mol. The van der Waals surface area contributed by atoms with Gasteiger partial charge < -0.3 is 14.8 Å². The summed E-state index contributed by atoms with van der Waals surface area (Å²) in [6, 6.07) is 3.38. The lowest BCUT2D eigenvalue weighted by Crippen LogP contribution is -2.14. The molecule has 0 fully saturated rings. The highest BCUT2D eigenvalue weighted by Crippen LogP contribution is 2.29. The quantitative estimate of drug-likeness (QED) is 0.887. The number of hydrogen-bond donors (Lipinski definition) is 2. The van der Waals surface area contributed by atoms with Crippen molar-refractivity contribution in [1.82, 2.24) is 10.2 Å². The lowest BCUT2D eigenvalue weighted by atomic mass is 10.1. The zero-order chi connectivity index (χ0) is 15.4. The van der Waals surface area contributed by atoms with Gasteiger partial charge >= 0.3 is 0 Å². The van der Waals surface area contributed by atoms with Crippen molar-refractivity contribution in [3.05, 3.63) is 35.0 Å². The summed E-state index contributed by atoms with van der Waals surface area (Å²) < 4.78 is 10.6. The van der Waals surface area contributed by atoms with Gasteiger partial charge in [-0.2, -0.15) is 5.10 Å². The number of methoxy groups -OCH3 is 2. The summed E-state index contributed by atoms with van der Waals surface area (Å²) in [5, 5.41) is 9.53. The van der Waals surface area contributed by atoms with Crippen molar-refractivity contribution in [3.63, 3.8) is 0 Å². The number of nitrogens with zero attached hydrogens (tertiary/aromatic N) is 1. The highest BCUT2D eigenvalue weighted by Gasteiger charge is 2.15. The number of H-pyrrole nitrogens is 1. The van der Waals surface area contributed by atoms with E-state index in [4.69, 9.17) is 9.47 Å². The number of ether oxygens (including phenoxy) is 2. The Balaban J connectivity index is 2.31. The standard InChI is InChI=1S/C15H19N3O3/c1-5-10-8-16-18-14(10)17-15(19)11-6-12(20-3)9(2)13(7-11)21-4/h6-8H,5H2,1-4H3,(H2,16,17,18,19). The van der Waals surface area contributed by atoms with Gasteiger partial charge in [0.1, 0.15) is 17.3 Å². The Morgan fingerprint density at radius 3 is 2.43 bits per heavy atom. The molecule has 0 bridgehead atoms. The van der Waals surface area contributed by atoms with Gasteiger partial charge in [-0.3, -0.25) is 9.89 Å². The predicted molar refractivity (Wildman–Crippen MR) is 80.2 cm³/mol. The van der Waals surface area contributed by atoms with Crippen molar-refractivity contribution in [1.29, 1.82) is 0 Å². The van der Waals surface area contributed by atoms with E-state index in [0.29, 0.717) is 22.9 Å². The number of rotatable bonds is 5. The number of anilines is 1. The Labute approximate surface area is 123 Å². The van der Waals surface area contributed by atoms with Crippen molar-refractivity contribution in [2.45, 2.75) is 20.3 Å². The molecule has 0 saturated heterocycles. The van der Waals surface area contributed by atoms with Crippen LogP contribution in [0.25, 0.3) is 0 Å². The molecule has 0 aliphatic rings. The van der Waals surface area contributed by atoms with Gasteiger partial charge in [0.05, 0.1) is 20.4 Å². The number of carbonyl (C=O) groups excluding carboxylic acids is 1. The van der Waals surface area contributed by atoms with E-state index in [2.05, 4.69) is 15.5 Å². The van der Waals surface area contributed by atoms with Crippen LogP contribution in [-0.4, -0.2) is 30.3 Å². The zero-order valence-corrected chi connectivity index (χ0v) is 12.6. The number of benzene rings is 1. The molecule has 6 nitrogen and oxygen atoms in total. The van der Waals surface area contributed by atoms with E-state index >= 15 is 0 Å².